The zero-order valence-electron chi connectivity index (χ0n) is 15.2. The molecule has 0 unspecified atom stereocenters. The first-order valence-electron chi connectivity index (χ1n) is 8.29. The van der Waals surface area contributed by atoms with E-state index in [1.807, 2.05) is 30.3 Å². The van der Waals surface area contributed by atoms with Crippen molar-refractivity contribution in [2.24, 2.45) is 0 Å². The van der Waals surface area contributed by atoms with Crippen molar-refractivity contribution >= 4 is 17.8 Å². The number of rotatable bonds is 8. The number of esters is 1. The number of ketones is 1. The lowest BCUT2D eigenvalue weighted by Crippen LogP contribution is -2.13. The Labute approximate surface area is 153 Å². The van der Waals surface area contributed by atoms with E-state index in [1.165, 1.54) is 20.1 Å². The second kappa shape index (κ2) is 9.42. The largest absolute Gasteiger partial charge is 0.496 e. The molecule has 0 fully saturated rings. The number of benzene rings is 2. The van der Waals surface area contributed by atoms with Gasteiger partial charge in [-0.05, 0) is 37.6 Å². The van der Waals surface area contributed by atoms with Crippen molar-refractivity contribution in [3.63, 3.8) is 0 Å². The van der Waals surface area contributed by atoms with E-state index in [9.17, 15) is 9.59 Å². The van der Waals surface area contributed by atoms with E-state index in [-0.39, 0.29) is 18.0 Å². The van der Waals surface area contributed by atoms with Crippen molar-refractivity contribution in [3.05, 3.63) is 65.2 Å². The fraction of sp³-hybridized carbons (Fsp3) is 0.238. The average molecular weight is 354 g/mol. The van der Waals surface area contributed by atoms with Gasteiger partial charge in [0.2, 0.25) is 0 Å². The highest BCUT2D eigenvalue weighted by molar-refractivity contribution is 6.19. The molecular weight excluding hydrogens is 332 g/mol. The number of hydrogen-bond acceptors (Lipinski definition) is 5. The van der Waals surface area contributed by atoms with Gasteiger partial charge >= 0.3 is 5.97 Å². The second-order valence-corrected chi connectivity index (χ2v) is 5.51. The molecule has 0 bridgehead atoms. The van der Waals surface area contributed by atoms with Crippen LogP contribution in [0, 0.1) is 0 Å². The van der Waals surface area contributed by atoms with Crippen molar-refractivity contribution in [1.29, 1.82) is 0 Å². The quantitative estimate of drug-likeness (QED) is 0.312. The standard InChI is InChI=1S/C21H22O5/c1-4-25-21(23)19(15(2)22)12-17-10-11-18(13-20(17)24-3)26-14-16-8-6-5-7-9-16/h5-13H,4,14H2,1-3H3. The summed E-state index contributed by atoms with van der Waals surface area (Å²) in [5.41, 5.74) is 1.62. The van der Waals surface area contributed by atoms with E-state index >= 15 is 0 Å². The number of Topliss-reactive ketones (excluding diaryl/α,β-unsaturated/α-hetero) is 1. The van der Waals surface area contributed by atoms with E-state index in [1.54, 1.807) is 25.1 Å². The first kappa shape index (κ1) is 19.2. The summed E-state index contributed by atoms with van der Waals surface area (Å²) in [6.45, 7) is 3.65. The molecule has 0 aromatic heterocycles. The maximum absolute atomic E-state index is 11.9. The molecule has 0 radical (unpaired) electrons. The van der Waals surface area contributed by atoms with E-state index in [0.717, 1.165) is 5.56 Å². The van der Waals surface area contributed by atoms with Gasteiger partial charge in [0.25, 0.3) is 0 Å². The number of hydrogen-bond donors (Lipinski definition) is 0. The summed E-state index contributed by atoms with van der Waals surface area (Å²) >= 11 is 0. The van der Waals surface area contributed by atoms with Crippen molar-refractivity contribution in [2.75, 3.05) is 13.7 Å². The molecule has 0 saturated heterocycles. The van der Waals surface area contributed by atoms with Crippen molar-refractivity contribution in [1.82, 2.24) is 0 Å². The van der Waals surface area contributed by atoms with Gasteiger partial charge in [0, 0.05) is 11.6 Å². The predicted octanol–water partition coefficient (Wildman–Crippen LogP) is 3.81. The Balaban J connectivity index is 2.23. The SMILES string of the molecule is CCOC(=O)C(=Cc1ccc(OCc2ccccc2)cc1OC)C(C)=O. The van der Waals surface area contributed by atoms with Crippen LogP contribution in [0.3, 0.4) is 0 Å². The normalized spacial score (nSPS) is 11.0. The summed E-state index contributed by atoms with van der Waals surface area (Å²) < 4.78 is 16.1. The van der Waals surface area contributed by atoms with Gasteiger partial charge in [-0.15, -0.1) is 0 Å². The lowest BCUT2D eigenvalue weighted by molar-refractivity contribution is -0.139. The molecule has 5 heteroatoms. The summed E-state index contributed by atoms with van der Waals surface area (Å²) in [4.78, 5) is 23.7. The van der Waals surface area contributed by atoms with Gasteiger partial charge in [-0.1, -0.05) is 30.3 Å². The molecule has 2 rings (SSSR count). The highest BCUT2D eigenvalue weighted by Gasteiger charge is 2.17. The molecule has 0 amide bonds. The molecule has 0 aliphatic carbocycles. The average Bonchev–Trinajstić information content (AvgIpc) is 2.65. The molecule has 0 aliphatic heterocycles. The monoisotopic (exact) mass is 354 g/mol. The van der Waals surface area contributed by atoms with Crippen molar-refractivity contribution < 1.29 is 23.8 Å². The third-order valence-electron chi connectivity index (χ3n) is 3.63. The van der Waals surface area contributed by atoms with Crippen LogP contribution in [0.4, 0.5) is 0 Å². The Hall–Kier alpha value is -3.08. The van der Waals surface area contributed by atoms with Crippen LogP contribution >= 0.6 is 0 Å². The molecule has 0 aliphatic rings. The van der Waals surface area contributed by atoms with Gasteiger partial charge in [0.15, 0.2) is 5.78 Å². The van der Waals surface area contributed by atoms with Crippen LogP contribution in [0.5, 0.6) is 11.5 Å². The fourth-order valence-corrected chi connectivity index (χ4v) is 2.31. The predicted molar refractivity (Wildman–Crippen MR) is 99.1 cm³/mol. The van der Waals surface area contributed by atoms with Crippen molar-refractivity contribution in [3.8, 4) is 11.5 Å². The minimum atomic E-state index is -0.647. The molecule has 5 nitrogen and oxygen atoms in total. The molecule has 136 valence electrons. The zero-order chi connectivity index (χ0) is 18.9. The highest BCUT2D eigenvalue weighted by Crippen LogP contribution is 2.27. The van der Waals surface area contributed by atoms with Crippen LogP contribution in [-0.2, 0) is 20.9 Å². The fourth-order valence-electron chi connectivity index (χ4n) is 2.31. The van der Waals surface area contributed by atoms with Gasteiger partial charge in [0.1, 0.15) is 23.7 Å². The Kier molecular flexibility index (Phi) is 6.97. The Morgan fingerprint density at radius 1 is 1.08 bits per heavy atom. The molecule has 0 spiro atoms. The first-order valence-corrected chi connectivity index (χ1v) is 8.29. The highest BCUT2D eigenvalue weighted by atomic mass is 16.5. The van der Waals surface area contributed by atoms with Gasteiger partial charge in [0.05, 0.1) is 13.7 Å². The summed E-state index contributed by atoms with van der Waals surface area (Å²) in [5.74, 6) is 0.114. The van der Waals surface area contributed by atoms with E-state index < -0.39 is 5.97 Å². The molecule has 2 aromatic carbocycles. The molecule has 2 aromatic rings. The molecule has 0 atom stereocenters. The Morgan fingerprint density at radius 2 is 1.81 bits per heavy atom. The maximum atomic E-state index is 11.9. The van der Waals surface area contributed by atoms with Crippen LogP contribution in [-0.4, -0.2) is 25.5 Å². The van der Waals surface area contributed by atoms with Gasteiger partial charge in [-0.2, -0.15) is 0 Å². The summed E-state index contributed by atoms with van der Waals surface area (Å²) in [6.07, 6.45) is 1.47. The Bertz CT molecular complexity index is 793. The lowest BCUT2D eigenvalue weighted by atomic mass is 10.1. The third kappa shape index (κ3) is 5.21. The van der Waals surface area contributed by atoms with Gasteiger partial charge in [-0.3, -0.25) is 4.79 Å². The zero-order valence-corrected chi connectivity index (χ0v) is 15.2. The van der Waals surface area contributed by atoms with Crippen LogP contribution < -0.4 is 9.47 Å². The molecule has 0 heterocycles. The number of methoxy groups -OCH3 is 1. The summed E-state index contributed by atoms with van der Waals surface area (Å²) in [7, 11) is 1.52. The molecule has 0 saturated carbocycles. The summed E-state index contributed by atoms with van der Waals surface area (Å²) in [6, 6.07) is 15.0. The minimum absolute atomic E-state index is 0.0249. The molecule has 26 heavy (non-hydrogen) atoms. The van der Waals surface area contributed by atoms with Crippen LogP contribution in [0.1, 0.15) is 25.0 Å². The second-order valence-electron chi connectivity index (χ2n) is 5.51. The first-order chi connectivity index (χ1) is 12.5. The Morgan fingerprint density at radius 3 is 2.42 bits per heavy atom. The third-order valence-corrected chi connectivity index (χ3v) is 3.63. The summed E-state index contributed by atoms with van der Waals surface area (Å²) in [5, 5.41) is 0. The molecule has 0 N–H and O–H groups in total. The minimum Gasteiger partial charge on any atom is -0.496 e. The van der Waals surface area contributed by atoms with Crippen LogP contribution in [0.2, 0.25) is 0 Å². The number of carbonyl (C=O) groups excluding carboxylic acids is 2. The van der Waals surface area contributed by atoms with E-state index in [4.69, 9.17) is 14.2 Å². The van der Waals surface area contributed by atoms with Crippen molar-refractivity contribution in [2.45, 2.75) is 20.5 Å². The van der Waals surface area contributed by atoms with Gasteiger partial charge in [-0.25, -0.2) is 4.79 Å². The maximum Gasteiger partial charge on any atom is 0.341 e. The van der Waals surface area contributed by atoms with E-state index in [2.05, 4.69) is 0 Å². The lowest BCUT2D eigenvalue weighted by Gasteiger charge is -2.11. The molecular formula is C21H22O5. The number of ether oxygens (including phenoxy) is 3. The van der Waals surface area contributed by atoms with Gasteiger partial charge < -0.3 is 14.2 Å². The smallest absolute Gasteiger partial charge is 0.341 e. The van der Waals surface area contributed by atoms with E-state index in [0.29, 0.717) is 23.7 Å². The topological polar surface area (TPSA) is 61.8 Å². The van der Waals surface area contributed by atoms with Crippen LogP contribution in [0.25, 0.3) is 6.08 Å². The number of carbonyl (C=O) groups is 2. The van der Waals surface area contributed by atoms with Crippen LogP contribution in [0.15, 0.2) is 54.1 Å².